The number of nitrogens with one attached hydrogen (secondary N) is 2. The highest BCUT2D eigenvalue weighted by molar-refractivity contribution is 14.0. The normalized spacial score (nSPS) is 12.4. The average Bonchev–Trinajstić information content (AvgIpc) is 2.92. The molecule has 1 atom stereocenters. The zero-order chi connectivity index (χ0) is 15.1. The summed E-state index contributed by atoms with van der Waals surface area (Å²) in [4.78, 5) is 8.38. The molecule has 1 heterocycles. The van der Waals surface area contributed by atoms with Gasteiger partial charge >= 0.3 is 0 Å². The van der Waals surface area contributed by atoms with Crippen molar-refractivity contribution in [1.29, 1.82) is 0 Å². The predicted molar refractivity (Wildman–Crippen MR) is 97.5 cm³/mol. The first kappa shape index (κ1) is 18.4. The van der Waals surface area contributed by atoms with E-state index in [0.29, 0.717) is 24.7 Å². The Morgan fingerprint density at radius 2 is 2.05 bits per heavy atom. The monoisotopic (exact) mass is 415 g/mol. The Labute approximate surface area is 147 Å². The third kappa shape index (κ3) is 5.63. The molecule has 0 bridgehead atoms. The number of hydrogen-bond acceptors (Lipinski definition) is 4. The van der Waals surface area contributed by atoms with Crippen molar-refractivity contribution in [2.75, 3.05) is 13.6 Å². The number of aryl methyl sites for hydroxylation is 1. The Hall–Kier alpha value is -1.64. The molecule has 0 aliphatic rings. The van der Waals surface area contributed by atoms with E-state index in [1.807, 2.05) is 25.1 Å². The molecule has 2 aromatic rings. The van der Waals surface area contributed by atoms with Gasteiger partial charge in [0.25, 0.3) is 0 Å². The predicted octanol–water partition coefficient (Wildman–Crippen LogP) is 2.46. The third-order valence-electron chi connectivity index (χ3n) is 3.08. The van der Waals surface area contributed by atoms with Crippen LogP contribution < -0.4 is 10.6 Å². The van der Waals surface area contributed by atoms with Gasteiger partial charge in [-0.25, -0.2) is 0 Å². The van der Waals surface area contributed by atoms with E-state index in [4.69, 9.17) is 4.52 Å². The van der Waals surface area contributed by atoms with Gasteiger partial charge < -0.3 is 15.2 Å². The van der Waals surface area contributed by atoms with Crippen LogP contribution in [0.5, 0.6) is 0 Å². The minimum absolute atomic E-state index is 0. The van der Waals surface area contributed by atoms with Crippen molar-refractivity contribution in [2.45, 2.75) is 26.3 Å². The number of hydrogen-bond donors (Lipinski definition) is 2. The topological polar surface area (TPSA) is 75.3 Å². The smallest absolute Gasteiger partial charge is 0.228 e. The molecular formula is C15H22IN5O. The lowest BCUT2D eigenvalue weighted by molar-refractivity contribution is 0.374. The lowest BCUT2D eigenvalue weighted by Crippen LogP contribution is -2.39. The highest BCUT2D eigenvalue weighted by Gasteiger charge is 2.08. The molecule has 22 heavy (non-hydrogen) atoms. The number of aliphatic imine (C=N–C) groups is 1. The van der Waals surface area contributed by atoms with Crippen molar-refractivity contribution in [3.05, 3.63) is 47.6 Å². The molecule has 1 unspecified atom stereocenters. The number of halogens is 1. The van der Waals surface area contributed by atoms with Gasteiger partial charge in [0.05, 0.1) is 6.04 Å². The van der Waals surface area contributed by atoms with Crippen LogP contribution in [-0.2, 0) is 6.42 Å². The zero-order valence-corrected chi connectivity index (χ0v) is 15.4. The van der Waals surface area contributed by atoms with Crippen LogP contribution in [0.4, 0.5) is 0 Å². The van der Waals surface area contributed by atoms with Crippen molar-refractivity contribution in [2.24, 2.45) is 4.99 Å². The maximum absolute atomic E-state index is 5.07. The van der Waals surface area contributed by atoms with Crippen LogP contribution in [0.3, 0.4) is 0 Å². The van der Waals surface area contributed by atoms with Crippen LogP contribution in [0.1, 0.15) is 30.2 Å². The number of rotatable bonds is 5. The van der Waals surface area contributed by atoms with Crippen LogP contribution in [0.25, 0.3) is 0 Å². The quantitative estimate of drug-likeness (QED) is 0.446. The highest BCUT2D eigenvalue weighted by Crippen LogP contribution is 2.10. The van der Waals surface area contributed by atoms with Crippen LogP contribution >= 0.6 is 24.0 Å². The summed E-state index contributed by atoms with van der Waals surface area (Å²) in [5.41, 5.74) is 1.22. The van der Waals surface area contributed by atoms with E-state index in [2.05, 4.69) is 44.8 Å². The molecule has 0 amide bonds. The van der Waals surface area contributed by atoms with Gasteiger partial charge in [0, 0.05) is 20.0 Å². The van der Waals surface area contributed by atoms with E-state index < -0.39 is 0 Å². The summed E-state index contributed by atoms with van der Waals surface area (Å²) >= 11 is 0. The standard InChI is InChI=1S/C15H21N5O.HI/c1-11(13-7-5-4-6-8-13)18-15(16-3)17-10-9-14-19-12(2)20-21-14;/h4-8,11H,9-10H2,1-3H3,(H2,16,17,18);1H. The van der Waals surface area contributed by atoms with Crippen molar-refractivity contribution in [3.8, 4) is 0 Å². The Bertz CT molecular complexity index is 585. The van der Waals surface area contributed by atoms with Gasteiger partial charge in [-0.15, -0.1) is 24.0 Å². The van der Waals surface area contributed by atoms with E-state index in [1.54, 1.807) is 7.05 Å². The maximum atomic E-state index is 5.07. The summed E-state index contributed by atoms with van der Waals surface area (Å²) in [7, 11) is 1.75. The van der Waals surface area contributed by atoms with Gasteiger partial charge in [-0.2, -0.15) is 4.98 Å². The number of nitrogens with zero attached hydrogens (tertiary/aromatic N) is 3. The van der Waals surface area contributed by atoms with Gasteiger partial charge in [0.1, 0.15) is 0 Å². The molecule has 0 saturated carbocycles. The summed E-state index contributed by atoms with van der Waals surface area (Å²) in [6.45, 7) is 4.59. The van der Waals surface area contributed by atoms with E-state index in [1.165, 1.54) is 5.56 Å². The minimum atomic E-state index is 0. The summed E-state index contributed by atoms with van der Waals surface area (Å²) in [6, 6.07) is 10.4. The number of benzene rings is 1. The van der Waals surface area contributed by atoms with Crippen molar-refractivity contribution in [3.63, 3.8) is 0 Å². The summed E-state index contributed by atoms with van der Waals surface area (Å²) in [5, 5.41) is 10.3. The number of aromatic nitrogens is 2. The first-order chi connectivity index (χ1) is 10.2. The largest absolute Gasteiger partial charge is 0.356 e. The third-order valence-corrected chi connectivity index (χ3v) is 3.08. The van der Waals surface area contributed by atoms with Crippen LogP contribution in [0.15, 0.2) is 39.8 Å². The van der Waals surface area contributed by atoms with E-state index in [0.717, 1.165) is 5.96 Å². The second-order valence-corrected chi connectivity index (χ2v) is 4.76. The molecule has 0 radical (unpaired) electrons. The zero-order valence-electron chi connectivity index (χ0n) is 13.0. The lowest BCUT2D eigenvalue weighted by Gasteiger charge is -2.17. The Morgan fingerprint density at radius 1 is 1.32 bits per heavy atom. The SMILES string of the molecule is CN=C(NCCc1nc(C)no1)NC(C)c1ccccc1.I. The molecule has 7 heteroatoms. The Kier molecular flexibility index (Phi) is 7.86. The molecule has 0 fully saturated rings. The second kappa shape index (κ2) is 9.39. The summed E-state index contributed by atoms with van der Waals surface area (Å²) < 4.78 is 5.07. The van der Waals surface area contributed by atoms with Gasteiger partial charge in [0.15, 0.2) is 11.8 Å². The van der Waals surface area contributed by atoms with Gasteiger partial charge in [-0.1, -0.05) is 35.5 Å². The minimum Gasteiger partial charge on any atom is -0.356 e. The van der Waals surface area contributed by atoms with Gasteiger partial charge in [-0.05, 0) is 19.4 Å². The maximum Gasteiger partial charge on any atom is 0.228 e. The van der Waals surface area contributed by atoms with Crippen LogP contribution in [-0.4, -0.2) is 29.7 Å². The fourth-order valence-corrected chi connectivity index (χ4v) is 1.95. The Morgan fingerprint density at radius 3 is 2.64 bits per heavy atom. The van der Waals surface area contributed by atoms with Gasteiger partial charge in [0.2, 0.25) is 5.89 Å². The van der Waals surface area contributed by atoms with Gasteiger partial charge in [-0.3, -0.25) is 4.99 Å². The summed E-state index contributed by atoms with van der Waals surface area (Å²) in [5.74, 6) is 2.04. The molecule has 2 rings (SSSR count). The van der Waals surface area contributed by atoms with E-state index >= 15 is 0 Å². The van der Waals surface area contributed by atoms with Crippen molar-refractivity contribution in [1.82, 2.24) is 20.8 Å². The lowest BCUT2D eigenvalue weighted by atomic mass is 10.1. The summed E-state index contributed by atoms with van der Waals surface area (Å²) in [6.07, 6.45) is 0.668. The van der Waals surface area contributed by atoms with E-state index in [-0.39, 0.29) is 30.0 Å². The second-order valence-electron chi connectivity index (χ2n) is 4.76. The average molecular weight is 415 g/mol. The molecule has 0 spiro atoms. The Balaban J connectivity index is 0.00000242. The highest BCUT2D eigenvalue weighted by atomic mass is 127. The number of guanidine groups is 1. The molecular weight excluding hydrogens is 393 g/mol. The van der Waals surface area contributed by atoms with Crippen molar-refractivity contribution >= 4 is 29.9 Å². The molecule has 120 valence electrons. The molecule has 1 aromatic carbocycles. The fourth-order valence-electron chi connectivity index (χ4n) is 1.95. The van der Waals surface area contributed by atoms with Crippen LogP contribution in [0, 0.1) is 6.92 Å². The molecule has 0 aliphatic heterocycles. The molecule has 2 N–H and O–H groups in total. The molecule has 6 nitrogen and oxygen atoms in total. The molecule has 1 aromatic heterocycles. The molecule has 0 aliphatic carbocycles. The van der Waals surface area contributed by atoms with Crippen LogP contribution in [0.2, 0.25) is 0 Å². The fraction of sp³-hybridized carbons (Fsp3) is 0.400. The first-order valence-electron chi connectivity index (χ1n) is 7.00. The van der Waals surface area contributed by atoms with Crippen molar-refractivity contribution < 1.29 is 4.52 Å². The van der Waals surface area contributed by atoms with E-state index in [9.17, 15) is 0 Å². The first-order valence-corrected chi connectivity index (χ1v) is 7.00. The molecule has 0 saturated heterocycles.